The van der Waals surface area contributed by atoms with Crippen molar-refractivity contribution in [3.8, 4) is 5.75 Å². The third-order valence-electron chi connectivity index (χ3n) is 1.57. The highest BCUT2D eigenvalue weighted by Gasteiger charge is 2.13. The second kappa shape index (κ2) is 4.63. The van der Waals surface area contributed by atoms with Crippen molar-refractivity contribution in [1.82, 2.24) is 0 Å². The molecule has 0 amide bonds. The Hall–Kier alpha value is -0.540. The largest absolute Gasteiger partial charge is 0.497 e. The van der Waals surface area contributed by atoms with E-state index in [1.807, 2.05) is 0 Å². The maximum absolute atomic E-state index is 11.3. The van der Waals surface area contributed by atoms with E-state index in [9.17, 15) is 4.79 Å². The summed E-state index contributed by atoms with van der Waals surface area (Å²) in [5, 5.41) is 0. The molecule has 0 radical (unpaired) electrons. The van der Waals surface area contributed by atoms with E-state index in [0.29, 0.717) is 5.56 Å². The van der Waals surface area contributed by atoms with Crippen molar-refractivity contribution in [2.45, 2.75) is 4.29 Å². The summed E-state index contributed by atoms with van der Waals surface area (Å²) in [4.78, 5) is 11.3. The van der Waals surface area contributed by atoms with Crippen LogP contribution in [0.1, 0.15) is 10.4 Å². The van der Waals surface area contributed by atoms with Crippen LogP contribution in [0, 0.1) is 0 Å². The van der Waals surface area contributed by atoms with E-state index in [1.54, 1.807) is 31.4 Å². The average molecular weight is 264 g/mol. The van der Waals surface area contributed by atoms with E-state index in [2.05, 4.69) is 15.9 Å². The van der Waals surface area contributed by atoms with Crippen molar-refractivity contribution in [1.29, 1.82) is 0 Å². The van der Waals surface area contributed by atoms with Crippen molar-refractivity contribution < 1.29 is 9.53 Å². The van der Waals surface area contributed by atoms with Crippen LogP contribution in [0.25, 0.3) is 0 Å². The van der Waals surface area contributed by atoms with Gasteiger partial charge in [-0.3, -0.25) is 4.79 Å². The molecule has 0 saturated carbocycles. The third-order valence-corrected chi connectivity index (χ3v) is 2.19. The van der Waals surface area contributed by atoms with Crippen LogP contribution >= 0.6 is 27.5 Å². The molecule has 0 aromatic heterocycles. The molecule has 0 fully saturated rings. The summed E-state index contributed by atoms with van der Waals surface area (Å²) in [6, 6.07) is 6.80. The van der Waals surface area contributed by atoms with E-state index in [4.69, 9.17) is 16.3 Å². The van der Waals surface area contributed by atoms with E-state index in [1.165, 1.54) is 0 Å². The molecular weight excluding hydrogens is 255 g/mol. The lowest BCUT2D eigenvalue weighted by Crippen LogP contribution is -2.06. The number of hydrogen-bond acceptors (Lipinski definition) is 2. The zero-order valence-electron chi connectivity index (χ0n) is 6.96. The maximum Gasteiger partial charge on any atom is 0.191 e. The summed E-state index contributed by atoms with van der Waals surface area (Å²) < 4.78 is 4.29. The lowest BCUT2D eigenvalue weighted by Gasteiger charge is -2.02. The number of halogens is 2. The van der Waals surface area contributed by atoms with Gasteiger partial charge < -0.3 is 4.74 Å². The molecule has 0 heterocycles. The number of carbonyl (C=O) groups is 1. The lowest BCUT2D eigenvalue weighted by atomic mass is 10.1. The van der Waals surface area contributed by atoms with Gasteiger partial charge in [0.05, 0.1) is 7.11 Å². The number of rotatable bonds is 3. The molecule has 1 aromatic carbocycles. The highest BCUT2D eigenvalue weighted by atomic mass is 79.9. The molecular formula is C9H8BrClO2. The monoisotopic (exact) mass is 262 g/mol. The van der Waals surface area contributed by atoms with Crippen LogP contribution in [-0.4, -0.2) is 17.2 Å². The molecule has 1 rings (SSSR count). The fraction of sp³-hybridized carbons (Fsp3) is 0.222. The Morgan fingerprint density at radius 1 is 1.46 bits per heavy atom. The number of benzene rings is 1. The number of alkyl halides is 2. The van der Waals surface area contributed by atoms with Gasteiger partial charge in [-0.05, 0) is 24.3 Å². The Morgan fingerprint density at radius 3 is 2.38 bits per heavy atom. The Balaban J connectivity index is 2.86. The predicted octanol–water partition coefficient (Wildman–Crippen LogP) is 2.84. The van der Waals surface area contributed by atoms with Crippen LogP contribution in [0.15, 0.2) is 24.3 Å². The minimum Gasteiger partial charge on any atom is -0.497 e. The number of hydrogen-bond donors (Lipinski definition) is 0. The predicted molar refractivity (Wildman–Crippen MR) is 55.9 cm³/mol. The Morgan fingerprint density at radius 2 is 2.00 bits per heavy atom. The molecule has 2 nitrogen and oxygen atoms in total. The van der Waals surface area contributed by atoms with Gasteiger partial charge in [-0.15, -0.1) is 11.6 Å². The lowest BCUT2D eigenvalue weighted by molar-refractivity contribution is 0.101. The molecule has 4 heteroatoms. The zero-order chi connectivity index (χ0) is 9.84. The van der Waals surface area contributed by atoms with Gasteiger partial charge >= 0.3 is 0 Å². The van der Waals surface area contributed by atoms with Gasteiger partial charge in [-0.2, -0.15) is 0 Å². The summed E-state index contributed by atoms with van der Waals surface area (Å²) in [7, 11) is 1.58. The molecule has 0 N–H and O–H groups in total. The smallest absolute Gasteiger partial charge is 0.191 e. The Labute approximate surface area is 90.0 Å². The van der Waals surface area contributed by atoms with Crippen molar-refractivity contribution in [2.75, 3.05) is 7.11 Å². The van der Waals surface area contributed by atoms with E-state index in [0.717, 1.165) is 5.75 Å². The molecule has 1 aromatic rings. The van der Waals surface area contributed by atoms with E-state index < -0.39 is 4.29 Å². The Bertz CT molecular complexity index is 295. The van der Waals surface area contributed by atoms with Crippen LogP contribution in [0.4, 0.5) is 0 Å². The molecule has 0 saturated heterocycles. The minimum absolute atomic E-state index is 0.149. The van der Waals surface area contributed by atoms with Gasteiger partial charge in [0.25, 0.3) is 0 Å². The van der Waals surface area contributed by atoms with Gasteiger partial charge in [0.15, 0.2) is 10.1 Å². The SMILES string of the molecule is COc1ccc(C(=O)C(Cl)Br)cc1. The van der Waals surface area contributed by atoms with Gasteiger partial charge in [0.2, 0.25) is 0 Å². The number of Topliss-reactive ketones (excluding diaryl/α,β-unsaturated/α-hetero) is 1. The molecule has 0 spiro atoms. The van der Waals surface area contributed by atoms with Crippen LogP contribution in [0.3, 0.4) is 0 Å². The van der Waals surface area contributed by atoms with Gasteiger partial charge in [0, 0.05) is 5.56 Å². The number of methoxy groups -OCH3 is 1. The quantitative estimate of drug-likeness (QED) is 0.619. The van der Waals surface area contributed by atoms with Gasteiger partial charge in [-0.1, -0.05) is 15.9 Å². The first-order valence-electron chi connectivity index (χ1n) is 3.61. The first kappa shape index (κ1) is 10.5. The molecule has 0 bridgehead atoms. The second-order valence-electron chi connectivity index (χ2n) is 2.39. The number of ether oxygens (including phenoxy) is 1. The molecule has 0 aliphatic rings. The summed E-state index contributed by atoms with van der Waals surface area (Å²) in [5.74, 6) is 0.571. The molecule has 0 aliphatic carbocycles. The van der Waals surface area contributed by atoms with Gasteiger partial charge in [-0.25, -0.2) is 0 Å². The standard InChI is InChI=1S/C9H8BrClO2/c1-13-7-4-2-6(3-5-7)8(12)9(10)11/h2-5,9H,1H3. The molecule has 0 aliphatic heterocycles. The first-order valence-corrected chi connectivity index (χ1v) is 4.97. The minimum atomic E-state index is -0.666. The van der Waals surface area contributed by atoms with Crippen molar-refractivity contribution in [3.63, 3.8) is 0 Å². The second-order valence-corrected chi connectivity index (χ2v) is 4.27. The summed E-state index contributed by atoms with van der Waals surface area (Å²) in [6.07, 6.45) is 0. The zero-order valence-corrected chi connectivity index (χ0v) is 9.30. The topological polar surface area (TPSA) is 26.3 Å². The maximum atomic E-state index is 11.3. The van der Waals surface area contributed by atoms with Crippen molar-refractivity contribution >= 4 is 33.3 Å². The number of ketones is 1. The van der Waals surface area contributed by atoms with Crippen LogP contribution in [0.2, 0.25) is 0 Å². The normalized spacial score (nSPS) is 12.2. The molecule has 70 valence electrons. The summed E-state index contributed by atoms with van der Waals surface area (Å²) >= 11 is 8.57. The van der Waals surface area contributed by atoms with Crippen LogP contribution < -0.4 is 4.74 Å². The van der Waals surface area contributed by atoms with Gasteiger partial charge in [0.1, 0.15) is 5.75 Å². The highest BCUT2D eigenvalue weighted by molar-refractivity contribution is 9.10. The van der Waals surface area contributed by atoms with E-state index >= 15 is 0 Å². The van der Waals surface area contributed by atoms with Crippen molar-refractivity contribution in [3.05, 3.63) is 29.8 Å². The summed E-state index contributed by atoms with van der Waals surface area (Å²) in [6.45, 7) is 0. The highest BCUT2D eigenvalue weighted by Crippen LogP contribution is 2.16. The molecule has 1 unspecified atom stereocenters. The van der Waals surface area contributed by atoms with Crippen LogP contribution in [0.5, 0.6) is 5.75 Å². The third kappa shape index (κ3) is 2.71. The molecule has 13 heavy (non-hydrogen) atoms. The summed E-state index contributed by atoms with van der Waals surface area (Å²) in [5.41, 5.74) is 0.567. The van der Waals surface area contributed by atoms with Crippen LogP contribution in [-0.2, 0) is 0 Å². The fourth-order valence-electron chi connectivity index (χ4n) is 0.881. The first-order chi connectivity index (χ1) is 6.15. The van der Waals surface area contributed by atoms with E-state index in [-0.39, 0.29) is 5.78 Å². The Kier molecular flexibility index (Phi) is 3.75. The number of carbonyl (C=O) groups excluding carboxylic acids is 1. The fourth-order valence-corrected chi connectivity index (χ4v) is 1.27. The average Bonchev–Trinajstić information content (AvgIpc) is 2.17. The van der Waals surface area contributed by atoms with Crippen molar-refractivity contribution in [2.24, 2.45) is 0 Å². The molecule has 1 atom stereocenters.